The number of nitriles is 1. The average Bonchev–Trinajstić information content (AvgIpc) is 3.47. The Morgan fingerprint density at radius 1 is 1.03 bits per heavy atom. The van der Waals surface area contributed by atoms with Crippen LogP contribution in [0.25, 0.3) is 11.3 Å². The van der Waals surface area contributed by atoms with Crippen LogP contribution in [0, 0.1) is 11.3 Å². The number of anilines is 2. The van der Waals surface area contributed by atoms with E-state index in [4.69, 9.17) is 0 Å². The highest BCUT2D eigenvalue weighted by atomic mass is 16.2. The maximum absolute atomic E-state index is 13.0. The standard InChI is InChI=1S/C27H28N6O2/c1-4-20(26-29-17-21(31-26)18-10-6-5-7-11-18)30-25(35)15-14-24(34)19(16-28)27-32(2)22-12-8-9-13-23(22)33(27)3/h5-13,17,20H,4,14-15H2,1-3H3,(H,29,31)(H,30,35)/t20-/m0/s1. The summed E-state index contributed by atoms with van der Waals surface area (Å²) in [7, 11) is 3.65. The molecule has 3 aromatic rings. The summed E-state index contributed by atoms with van der Waals surface area (Å²) < 4.78 is 0. The third-order valence-corrected chi connectivity index (χ3v) is 6.19. The van der Waals surface area contributed by atoms with Crippen molar-refractivity contribution < 1.29 is 9.59 Å². The fraction of sp³-hybridized carbons (Fsp3) is 0.259. The van der Waals surface area contributed by atoms with E-state index in [-0.39, 0.29) is 36.1 Å². The molecule has 1 amide bonds. The van der Waals surface area contributed by atoms with Crippen molar-refractivity contribution in [2.75, 3.05) is 23.9 Å². The highest BCUT2D eigenvalue weighted by molar-refractivity contribution is 6.03. The van der Waals surface area contributed by atoms with Gasteiger partial charge in [-0.1, -0.05) is 49.4 Å². The predicted molar refractivity (Wildman–Crippen MR) is 135 cm³/mol. The normalized spacial score (nSPS) is 13.3. The molecule has 2 aromatic carbocycles. The molecule has 0 radical (unpaired) electrons. The van der Waals surface area contributed by atoms with Crippen LogP contribution in [0.2, 0.25) is 0 Å². The van der Waals surface area contributed by atoms with Crippen LogP contribution in [0.4, 0.5) is 11.4 Å². The van der Waals surface area contributed by atoms with Crippen molar-refractivity contribution in [1.29, 1.82) is 5.26 Å². The van der Waals surface area contributed by atoms with Gasteiger partial charge in [-0.2, -0.15) is 5.26 Å². The van der Waals surface area contributed by atoms with E-state index >= 15 is 0 Å². The van der Waals surface area contributed by atoms with Crippen molar-refractivity contribution in [2.45, 2.75) is 32.2 Å². The number of aromatic nitrogens is 2. The zero-order valence-corrected chi connectivity index (χ0v) is 20.1. The zero-order valence-electron chi connectivity index (χ0n) is 20.1. The first-order valence-corrected chi connectivity index (χ1v) is 11.6. The Bertz CT molecular complexity index is 1270. The molecule has 2 heterocycles. The first-order valence-electron chi connectivity index (χ1n) is 11.6. The van der Waals surface area contributed by atoms with Crippen molar-refractivity contribution in [3.63, 3.8) is 0 Å². The number of imidazole rings is 1. The maximum atomic E-state index is 13.0. The summed E-state index contributed by atoms with van der Waals surface area (Å²) in [6, 6.07) is 19.3. The van der Waals surface area contributed by atoms with Gasteiger partial charge in [0.25, 0.3) is 0 Å². The number of aromatic amines is 1. The molecule has 8 nitrogen and oxygen atoms in total. The Hall–Kier alpha value is -4.38. The lowest BCUT2D eigenvalue weighted by atomic mass is 10.1. The maximum Gasteiger partial charge on any atom is 0.221 e. The van der Waals surface area contributed by atoms with E-state index in [0.717, 1.165) is 22.6 Å². The summed E-state index contributed by atoms with van der Waals surface area (Å²) in [5, 5.41) is 12.7. The summed E-state index contributed by atoms with van der Waals surface area (Å²) in [5.41, 5.74) is 3.77. The number of fused-ring (bicyclic) bond motifs is 1. The Morgan fingerprint density at radius 2 is 1.66 bits per heavy atom. The summed E-state index contributed by atoms with van der Waals surface area (Å²) in [6.07, 6.45) is 2.32. The number of Topliss-reactive ketones (excluding diaryl/α,β-unsaturated/α-hetero) is 1. The lowest BCUT2D eigenvalue weighted by molar-refractivity contribution is -0.124. The number of para-hydroxylation sites is 2. The summed E-state index contributed by atoms with van der Waals surface area (Å²) in [6.45, 7) is 1.96. The zero-order chi connectivity index (χ0) is 24.9. The topological polar surface area (TPSA) is 105 Å². The van der Waals surface area contributed by atoms with Crippen LogP contribution in [0.1, 0.15) is 38.1 Å². The number of nitrogens with zero attached hydrogens (tertiary/aromatic N) is 4. The van der Waals surface area contributed by atoms with Gasteiger partial charge < -0.3 is 20.1 Å². The van der Waals surface area contributed by atoms with Crippen molar-refractivity contribution >= 4 is 23.1 Å². The fourth-order valence-corrected chi connectivity index (χ4v) is 4.32. The smallest absolute Gasteiger partial charge is 0.221 e. The molecule has 1 aromatic heterocycles. The highest BCUT2D eigenvalue weighted by Crippen LogP contribution is 2.40. The van der Waals surface area contributed by atoms with E-state index in [0.29, 0.717) is 18.1 Å². The van der Waals surface area contributed by atoms with Gasteiger partial charge in [0.05, 0.1) is 29.3 Å². The quantitative estimate of drug-likeness (QED) is 0.377. The SMILES string of the molecule is CC[C@H](NC(=O)CCC(=O)C(C#N)=C1N(C)c2ccccc2N1C)c1ncc(-c2ccccc2)[nH]1. The third kappa shape index (κ3) is 4.80. The summed E-state index contributed by atoms with van der Waals surface area (Å²) in [5.74, 6) is 0.565. The van der Waals surface area contributed by atoms with Crippen LogP contribution < -0.4 is 15.1 Å². The monoisotopic (exact) mass is 468 g/mol. The molecule has 1 atom stereocenters. The van der Waals surface area contributed by atoms with Gasteiger partial charge in [0, 0.05) is 26.9 Å². The van der Waals surface area contributed by atoms with E-state index in [9.17, 15) is 14.9 Å². The van der Waals surface area contributed by atoms with Gasteiger partial charge in [0.2, 0.25) is 5.91 Å². The molecule has 0 saturated heterocycles. The fourth-order valence-electron chi connectivity index (χ4n) is 4.32. The number of H-pyrrole nitrogens is 1. The number of amides is 1. The number of allylic oxidation sites excluding steroid dienone is 1. The number of hydrogen-bond acceptors (Lipinski definition) is 6. The number of carbonyl (C=O) groups excluding carboxylic acids is 2. The van der Waals surface area contributed by atoms with E-state index < -0.39 is 0 Å². The van der Waals surface area contributed by atoms with Crippen molar-refractivity contribution in [1.82, 2.24) is 15.3 Å². The third-order valence-electron chi connectivity index (χ3n) is 6.19. The van der Waals surface area contributed by atoms with Gasteiger partial charge in [-0.15, -0.1) is 0 Å². The Labute approximate surface area is 204 Å². The van der Waals surface area contributed by atoms with E-state index in [1.54, 1.807) is 6.20 Å². The minimum Gasteiger partial charge on any atom is -0.346 e. The van der Waals surface area contributed by atoms with Crippen LogP contribution >= 0.6 is 0 Å². The first kappa shape index (κ1) is 23.8. The molecule has 0 spiro atoms. The van der Waals surface area contributed by atoms with Crippen LogP contribution in [0.15, 0.2) is 72.2 Å². The van der Waals surface area contributed by atoms with Crippen LogP contribution in [-0.4, -0.2) is 35.8 Å². The van der Waals surface area contributed by atoms with Gasteiger partial charge in [0.15, 0.2) is 5.78 Å². The largest absolute Gasteiger partial charge is 0.346 e. The minimum absolute atomic E-state index is 0.0135. The Morgan fingerprint density at radius 3 is 2.26 bits per heavy atom. The molecule has 1 aliphatic heterocycles. The van der Waals surface area contributed by atoms with Crippen LogP contribution in [0.5, 0.6) is 0 Å². The molecule has 0 fully saturated rings. The van der Waals surface area contributed by atoms with Crippen molar-refractivity contribution in [2.24, 2.45) is 0 Å². The molecular weight excluding hydrogens is 440 g/mol. The minimum atomic E-state index is -0.360. The lowest BCUT2D eigenvalue weighted by Gasteiger charge is -2.20. The number of hydrogen-bond donors (Lipinski definition) is 2. The number of ketones is 1. The Balaban J connectivity index is 1.41. The molecule has 35 heavy (non-hydrogen) atoms. The molecule has 178 valence electrons. The van der Waals surface area contributed by atoms with Gasteiger partial charge in [-0.3, -0.25) is 9.59 Å². The van der Waals surface area contributed by atoms with E-state index in [1.165, 1.54) is 0 Å². The second-order valence-electron chi connectivity index (χ2n) is 8.42. The van der Waals surface area contributed by atoms with Gasteiger partial charge in [0.1, 0.15) is 23.3 Å². The van der Waals surface area contributed by atoms with Crippen molar-refractivity contribution in [3.05, 3.63) is 78.0 Å². The molecule has 1 aliphatic rings. The highest BCUT2D eigenvalue weighted by Gasteiger charge is 2.31. The summed E-state index contributed by atoms with van der Waals surface area (Å²) >= 11 is 0. The number of benzene rings is 2. The van der Waals surface area contributed by atoms with Gasteiger partial charge in [-0.05, 0) is 24.1 Å². The average molecular weight is 469 g/mol. The van der Waals surface area contributed by atoms with Gasteiger partial charge in [-0.25, -0.2) is 4.98 Å². The van der Waals surface area contributed by atoms with Gasteiger partial charge >= 0.3 is 0 Å². The second kappa shape index (κ2) is 10.3. The lowest BCUT2D eigenvalue weighted by Crippen LogP contribution is -2.30. The van der Waals surface area contributed by atoms with Crippen LogP contribution in [0.3, 0.4) is 0 Å². The van der Waals surface area contributed by atoms with Crippen LogP contribution in [-0.2, 0) is 9.59 Å². The predicted octanol–water partition coefficient (Wildman–Crippen LogP) is 4.31. The van der Waals surface area contributed by atoms with Crippen molar-refractivity contribution in [3.8, 4) is 17.3 Å². The second-order valence-corrected chi connectivity index (χ2v) is 8.42. The molecule has 8 heteroatoms. The molecule has 2 N–H and O–H groups in total. The van der Waals surface area contributed by atoms with E-state index in [2.05, 4.69) is 21.4 Å². The number of rotatable bonds is 8. The molecular formula is C27H28N6O2. The Kier molecular flexibility index (Phi) is 6.97. The molecule has 0 bridgehead atoms. The molecule has 4 rings (SSSR count). The number of carbonyl (C=O) groups is 2. The molecule has 0 aliphatic carbocycles. The van der Waals surface area contributed by atoms with E-state index in [1.807, 2.05) is 85.4 Å². The first-order chi connectivity index (χ1) is 16.9. The molecule has 0 saturated carbocycles. The molecule has 0 unspecified atom stereocenters. The number of nitrogens with one attached hydrogen (secondary N) is 2. The summed E-state index contributed by atoms with van der Waals surface area (Å²) in [4.78, 5) is 37.0.